The molecule has 0 spiro atoms. The standard InChI is InChI=1S/C15H21ClFNO/c1-19-15-7-6-12(9-14(15)17)11-18-8-4-2-3-5-13(18)10-16/h6-7,9,13H,2-5,8,10-11H2,1H3. The average molecular weight is 286 g/mol. The molecule has 1 unspecified atom stereocenters. The first-order valence-corrected chi connectivity index (χ1v) is 7.40. The monoisotopic (exact) mass is 285 g/mol. The molecular formula is C15H21ClFNO. The minimum absolute atomic E-state index is 0.294. The van der Waals surface area contributed by atoms with Crippen molar-refractivity contribution < 1.29 is 9.13 Å². The number of hydrogen-bond acceptors (Lipinski definition) is 2. The molecule has 1 aromatic carbocycles. The van der Waals surface area contributed by atoms with Crippen LogP contribution in [0.2, 0.25) is 0 Å². The Bertz CT molecular complexity index is 413. The van der Waals surface area contributed by atoms with Gasteiger partial charge in [-0.2, -0.15) is 0 Å². The van der Waals surface area contributed by atoms with Gasteiger partial charge in [-0.05, 0) is 37.1 Å². The molecule has 0 bridgehead atoms. The molecule has 1 aliphatic rings. The number of ether oxygens (including phenoxy) is 1. The Hall–Kier alpha value is -0.800. The van der Waals surface area contributed by atoms with E-state index in [1.54, 1.807) is 12.1 Å². The third-order valence-electron chi connectivity index (χ3n) is 3.78. The molecule has 0 saturated carbocycles. The summed E-state index contributed by atoms with van der Waals surface area (Å²) in [5.74, 6) is 0.657. The molecule has 1 atom stereocenters. The van der Waals surface area contributed by atoms with Crippen molar-refractivity contribution in [2.75, 3.05) is 19.5 Å². The van der Waals surface area contributed by atoms with Crippen molar-refractivity contribution in [1.82, 2.24) is 4.90 Å². The highest BCUT2D eigenvalue weighted by atomic mass is 35.5. The van der Waals surface area contributed by atoms with Crippen LogP contribution in [0.25, 0.3) is 0 Å². The Kier molecular flexibility index (Phi) is 5.46. The van der Waals surface area contributed by atoms with E-state index in [4.69, 9.17) is 16.3 Å². The Labute approximate surface area is 119 Å². The van der Waals surface area contributed by atoms with Gasteiger partial charge >= 0.3 is 0 Å². The first-order chi connectivity index (χ1) is 9.24. The van der Waals surface area contributed by atoms with Gasteiger partial charge in [0.25, 0.3) is 0 Å². The largest absolute Gasteiger partial charge is 0.494 e. The van der Waals surface area contributed by atoms with E-state index in [0.717, 1.165) is 25.1 Å². The minimum atomic E-state index is -0.294. The van der Waals surface area contributed by atoms with Crippen LogP contribution in [0, 0.1) is 5.82 Å². The first kappa shape index (κ1) is 14.6. The maximum absolute atomic E-state index is 13.7. The molecule has 0 N–H and O–H groups in total. The lowest BCUT2D eigenvalue weighted by molar-refractivity contribution is 0.207. The number of rotatable bonds is 4. The van der Waals surface area contributed by atoms with Crippen molar-refractivity contribution in [3.63, 3.8) is 0 Å². The van der Waals surface area contributed by atoms with Gasteiger partial charge in [0.05, 0.1) is 7.11 Å². The van der Waals surface area contributed by atoms with E-state index < -0.39 is 0 Å². The quantitative estimate of drug-likeness (QED) is 0.780. The third kappa shape index (κ3) is 3.83. The topological polar surface area (TPSA) is 12.5 Å². The number of halogens is 2. The Morgan fingerprint density at radius 3 is 2.89 bits per heavy atom. The summed E-state index contributed by atoms with van der Waals surface area (Å²) in [4.78, 5) is 2.38. The van der Waals surface area contributed by atoms with Crippen LogP contribution in [-0.2, 0) is 6.54 Å². The molecule has 1 saturated heterocycles. The van der Waals surface area contributed by atoms with Crippen LogP contribution in [0.4, 0.5) is 4.39 Å². The lowest BCUT2D eigenvalue weighted by Gasteiger charge is -2.28. The number of methoxy groups -OCH3 is 1. The van der Waals surface area contributed by atoms with Crippen molar-refractivity contribution in [3.05, 3.63) is 29.6 Å². The number of likely N-dealkylation sites (tertiary alicyclic amines) is 1. The van der Waals surface area contributed by atoms with Crippen LogP contribution in [0.5, 0.6) is 5.75 Å². The second-order valence-corrected chi connectivity index (χ2v) is 5.41. The summed E-state index contributed by atoms with van der Waals surface area (Å²) in [6.07, 6.45) is 4.85. The minimum Gasteiger partial charge on any atom is -0.494 e. The van der Waals surface area contributed by atoms with Crippen LogP contribution in [-0.4, -0.2) is 30.5 Å². The van der Waals surface area contributed by atoms with Crippen molar-refractivity contribution in [2.24, 2.45) is 0 Å². The summed E-state index contributed by atoms with van der Waals surface area (Å²) >= 11 is 6.06. The summed E-state index contributed by atoms with van der Waals surface area (Å²) < 4.78 is 18.6. The summed E-state index contributed by atoms with van der Waals surface area (Å²) in [6, 6.07) is 5.60. The zero-order valence-electron chi connectivity index (χ0n) is 11.4. The molecular weight excluding hydrogens is 265 g/mol. The fourth-order valence-electron chi connectivity index (χ4n) is 2.66. The van der Waals surface area contributed by atoms with Crippen LogP contribution in [0.1, 0.15) is 31.2 Å². The molecule has 106 valence electrons. The highest BCUT2D eigenvalue weighted by molar-refractivity contribution is 6.18. The average Bonchev–Trinajstić information content (AvgIpc) is 2.64. The van der Waals surface area contributed by atoms with Gasteiger partial charge in [0.1, 0.15) is 0 Å². The Balaban J connectivity index is 2.07. The van der Waals surface area contributed by atoms with Gasteiger partial charge < -0.3 is 4.74 Å². The normalized spacial score (nSPS) is 21.1. The second kappa shape index (κ2) is 7.11. The fraction of sp³-hybridized carbons (Fsp3) is 0.600. The molecule has 0 aromatic heterocycles. The summed E-state index contributed by atoms with van der Waals surface area (Å²) in [7, 11) is 1.48. The molecule has 4 heteroatoms. The second-order valence-electron chi connectivity index (χ2n) is 5.10. The van der Waals surface area contributed by atoms with E-state index >= 15 is 0 Å². The Morgan fingerprint density at radius 1 is 1.37 bits per heavy atom. The van der Waals surface area contributed by atoms with E-state index in [2.05, 4.69) is 4.90 Å². The molecule has 1 aliphatic heterocycles. The lowest BCUT2D eigenvalue weighted by Crippen LogP contribution is -2.35. The predicted molar refractivity (Wildman–Crippen MR) is 76.3 cm³/mol. The highest BCUT2D eigenvalue weighted by Crippen LogP contribution is 2.23. The van der Waals surface area contributed by atoms with Gasteiger partial charge in [-0.25, -0.2) is 4.39 Å². The summed E-state index contributed by atoms with van der Waals surface area (Å²) in [5.41, 5.74) is 0.982. The number of benzene rings is 1. The van der Waals surface area contributed by atoms with E-state index in [0.29, 0.717) is 17.7 Å². The van der Waals surface area contributed by atoms with Gasteiger partial charge in [-0.15, -0.1) is 11.6 Å². The number of nitrogens with zero attached hydrogens (tertiary/aromatic N) is 1. The SMILES string of the molecule is COc1ccc(CN2CCCCCC2CCl)cc1F. The molecule has 2 nitrogen and oxygen atoms in total. The molecule has 1 aromatic rings. The molecule has 1 heterocycles. The zero-order chi connectivity index (χ0) is 13.7. The van der Waals surface area contributed by atoms with Crippen LogP contribution < -0.4 is 4.74 Å². The third-order valence-corrected chi connectivity index (χ3v) is 4.14. The summed E-state index contributed by atoms with van der Waals surface area (Å²) in [5, 5.41) is 0. The van der Waals surface area contributed by atoms with E-state index in [-0.39, 0.29) is 5.82 Å². The van der Waals surface area contributed by atoms with Gasteiger partial charge in [0.15, 0.2) is 11.6 Å². The summed E-state index contributed by atoms with van der Waals surface area (Å²) in [6.45, 7) is 1.81. The maximum atomic E-state index is 13.7. The van der Waals surface area contributed by atoms with Crippen molar-refractivity contribution in [1.29, 1.82) is 0 Å². The predicted octanol–water partition coefficient (Wildman–Crippen LogP) is 3.82. The number of alkyl halides is 1. The highest BCUT2D eigenvalue weighted by Gasteiger charge is 2.20. The molecule has 0 radical (unpaired) electrons. The van der Waals surface area contributed by atoms with Crippen molar-refractivity contribution in [3.8, 4) is 5.75 Å². The fourth-order valence-corrected chi connectivity index (χ4v) is 3.01. The van der Waals surface area contributed by atoms with Crippen LogP contribution >= 0.6 is 11.6 Å². The van der Waals surface area contributed by atoms with Gasteiger partial charge in [-0.1, -0.05) is 18.9 Å². The van der Waals surface area contributed by atoms with Gasteiger partial charge in [0.2, 0.25) is 0 Å². The van der Waals surface area contributed by atoms with Crippen molar-refractivity contribution >= 4 is 11.6 Å². The van der Waals surface area contributed by atoms with Crippen LogP contribution in [0.3, 0.4) is 0 Å². The van der Waals surface area contributed by atoms with Crippen molar-refractivity contribution in [2.45, 2.75) is 38.3 Å². The van der Waals surface area contributed by atoms with Gasteiger partial charge in [-0.3, -0.25) is 4.90 Å². The van der Waals surface area contributed by atoms with E-state index in [9.17, 15) is 4.39 Å². The van der Waals surface area contributed by atoms with E-state index in [1.807, 2.05) is 6.07 Å². The zero-order valence-corrected chi connectivity index (χ0v) is 12.1. The molecule has 1 fully saturated rings. The molecule has 2 rings (SSSR count). The molecule has 0 amide bonds. The number of hydrogen-bond donors (Lipinski definition) is 0. The lowest BCUT2D eigenvalue weighted by atomic mass is 10.1. The molecule has 0 aliphatic carbocycles. The molecule has 19 heavy (non-hydrogen) atoms. The van der Waals surface area contributed by atoms with E-state index in [1.165, 1.54) is 26.4 Å². The Morgan fingerprint density at radius 2 is 2.21 bits per heavy atom. The maximum Gasteiger partial charge on any atom is 0.165 e. The smallest absolute Gasteiger partial charge is 0.165 e. The van der Waals surface area contributed by atoms with Gasteiger partial charge in [0, 0.05) is 18.5 Å². The van der Waals surface area contributed by atoms with Crippen LogP contribution in [0.15, 0.2) is 18.2 Å². The first-order valence-electron chi connectivity index (χ1n) is 6.87.